The third-order valence-corrected chi connectivity index (χ3v) is 4.97. The predicted molar refractivity (Wildman–Crippen MR) is 103 cm³/mol. The Hall–Kier alpha value is -2.51. The topological polar surface area (TPSA) is 78.8 Å². The Bertz CT molecular complexity index is 945. The third kappa shape index (κ3) is 3.68. The van der Waals surface area contributed by atoms with Crippen LogP contribution in [0.15, 0.2) is 51.9 Å². The second-order valence-electron chi connectivity index (χ2n) is 5.66. The van der Waals surface area contributed by atoms with E-state index in [-0.39, 0.29) is 0 Å². The maximum absolute atomic E-state index is 12.7. The first-order valence-corrected chi connectivity index (χ1v) is 8.78. The summed E-state index contributed by atoms with van der Waals surface area (Å²) in [5.41, 5.74) is 1.76. The van der Waals surface area contributed by atoms with Crippen LogP contribution in [-0.2, 0) is 9.59 Å². The fourth-order valence-electron chi connectivity index (χ4n) is 2.46. The van der Waals surface area contributed by atoms with Gasteiger partial charge in [-0.2, -0.15) is 0 Å². The Kier molecular flexibility index (Phi) is 5.20. The van der Waals surface area contributed by atoms with E-state index in [0.29, 0.717) is 20.9 Å². The number of nitrogens with zero attached hydrogens (tertiary/aromatic N) is 2. The van der Waals surface area contributed by atoms with Gasteiger partial charge >= 0.3 is 6.03 Å². The largest absolute Gasteiger partial charge is 0.335 e. The minimum Gasteiger partial charge on any atom is -0.276 e. The molecule has 1 aliphatic rings. The van der Waals surface area contributed by atoms with Gasteiger partial charge in [-0.3, -0.25) is 19.9 Å². The van der Waals surface area contributed by atoms with E-state index in [4.69, 9.17) is 11.6 Å². The molecule has 6 nitrogen and oxygen atoms in total. The number of benzene rings is 2. The molecule has 0 aliphatic carbocycles. The van der Waals surface area contributed by atoms with E-state index < -0.39 is 23.8 Å². The molecule has 0 bridgehead atoms. The van der Waals surface area contributed by atoms with Crippen molar-refractivity contribution in [3.8, 4) is 0 Å². The van der Waals surface area contributed by atoms with E-state index in [0.717, 1.165) is 10.5 Å². The lowest BCUT2D eigenvalue weighted by Gasteiger charge is -2.28. The molecule has 3 rings (SSSR count). The lowest BCUT2D eigenvalue weighted by atomic mass is 10.1. The Balaban J connectivity index is 1.90. The van der Waals surface area contributed by atoms with E-state index in [1.807, 2.05) is 13.0 Å². The van der Waals surface area contributed by atoms with Gasteiger partial charge in [0.15, 0.2) is 5.92 Å². The first-order valence-electron chi connectivity index (χ1n) is 7.61. The third-order valence-electron chi connectivity index (χ3n) is 3.74. The maximum atomic E-state index is 12.7. The zero-order valence-electron chi connectivity index (χ0n) is 13.6. The van der Waals surface area contributed by atoms with Crippen molar-refractivity contribution in [1.82, 2.24) is 5.32 Å². The second-order valence-corrected chi connectivity index (χ2v) is 6.92. The van der Waals surface area contributed by atoms with Gasteiger partial charge in [0.2, 0.25) is 5.91 Å². The van der Waals surface area contributed by atoms with Crippen molar-refractivity contribution in [3.63, 3.8) is 0 Å². The molecule has 1 fully saturated rings. The highest BCUT2D eigenvalue weighted by molar-refractivity contribution is 9.10. The van der Waals surface area contributed by atoms with Crippen molar-refractivity contribution >= 4 is 63.0 Å². The Morgan fingerprint density at radius 2 is 1.96 bits per heavy atom. The molecule has 0 spiro atoms. The van der Waals surface area contributed by atoms with Crippen molar-refractivity contribution in [1.29, 1.82) is 0 Å². The zero-order valence-corrected chi connectivity index (χ0v) is 15.9. The minimum atomic E-state index is -1.21. The summed E-state index contributed by atoms with van der Waals surface area (Å²) in [6.45, 7) is 1.84. The van der Waals surface area contributed by atoms with Crippen molar-refractivity contribution in [3.05, 3.63) is 57.5 Å². The molecule has 26 heavy (non-hydrogen) atoms. The van der Waals surface area contributed by atoms with Crippen LogP contribution in [0.4, 0.5) is 16.2 Å². The number of carbonyl (C=O) groups is 3. The van der Waals surface area contributed by atoms with E-state index in [9.17, 15) is 14.4 Å². The molecule has 132 valence electrons. The smallest absolute Gasteiger partial charge is 0.276 e. The van der Waals surface area contributed by atoms with Crippen molar-refractivity contribution in [2.24, 2.45) is 10.9 Å². The molecule has 4 amide bonds. The monoisotopic (exact) mass is 433 g/mol. The molecule has 8 heteroatoms. The number of amides is 4. The molecule has 2 aromatic carbocycles. The SMILES string of the molecule is Cc1cccc(N2C(=O)NC(=O)[C@@H](C=Nc3ccc(Br)c(Cl)c3)C2=O)c1. The zero-order chi connectivity index (χ0) is 18.8. The summed E-state index contributed by atoms with van der Waals surface area (Å²) in [4.78, 5) is 42.0. The van der Waals surface area contributed by atoms with Crippen LogP contribution < -0.4 is 10.2 Å². The highest BCUT2D eigenvalue weighted by Crippen LogP contribution is 2.27. The number of aliphatic imine (C=N–C) groups is 1. The lowest BCUT2D eigenvalue weighted by Crippen LogP contribution is -2.58. The fourth-order valence-corrected chi connectivity index (χ4v) is 2.88. The van der Waals surface area contributed by atoms with Gasteiger partial charge < -0.3 is 0 Å². The number of anilines is 1. The van der Waals surface area contributed by atoms with Gasteiger partial charge in [-0.15, -0.1) is 0 Å². The summed E-state index contributed by atoms with van der Waals surface area (Å²) in [7, 11) is 0. The molecule has 0 saturated carbocycles. The minimum absolute atomic E-state index is 0.394. The number of imide groups is 2. The molecule has 2 aromatic rings. The summed E-state index contributed by atoms with van der Waals surface area (Å²) in [5, 5.41) is 2.64. The number of carbonyl (C=O) groups excluding carboxylic acids is 3. The number of halogens is 2. The van der Waals surface area contributed by atoms with Gasteiger partial charge in [-0.25, -0.2) is 9.69 Å². The number of rotatable bonds is 3. The predicted octanol–water partition coefficient (Wildman–Crippen LogP) is 4.01. The van der Waals surface area contributed by atoms with Crippen molar-refractivity contribution in [2.75, 3.05) is 4.90 Å². The highest BCUT2D eigenvalue weighted by Gasteiger charge is 2.40. The molecule has 1 atom stereocenters. The van der Waals surface area contributed by atoms with E-state index >= 15 is 0 Å². The van der Waals surface area contributed by atoms with Gasteiger partial charge in [0.05, 0.1) is 16.4 Å². The molecule has 1 N–H and O–H groups in total. The Morgan fingerprint density at radius 3 is 2.65 bits per heavy atom. The first kappa shape index (κ1) is 18.3. The quantitative estimate of drug-likeness (QED) is 0.585. The molecule has 1 aliphatic heterocycles. The average Bonchev–Trinajstić information content (AvgIpc) is 2.57. The van der Waals surface area contributed by atoms with Crippen molar-refractivity contribution < 1.29 is 14.4 Å². The molecular formula is C18H13BrClN3O3. The lowest BCUT2D eigenvalue weighted by molar-refractivity contribution is -0.131. The van der Waals surface area contributed by atoms with Crippen LogP contribution in [-0.4, -0.2) is 24.1 Å². The van der Waals surface area contributed by atoms with Crippen LogP contribution in [0.1, 0.15) is 5.56 Å². The molecule has 1 saturated heterocycles. The molecule has 0 unspecified atom stereocenters. The van der Waals surface area contributed by atoms with Gasteiger partial charge in [0.25, 0.3) is 5.91 Å². The average molecular weight is 435 g/mol. The normalized spacial score (nSPS) is 17.7. The summed E-state index contributed by atoms with van der Waals surface area (Å²) in [6.07, 6.45) is 1.21. The number of urea groups is 1. The van der Waals surface area contributed by atoms with Gasteiger partial charge in [0, 0.05) is 10.7 Å². The summed E-state index contributed by atoms with van der Waals surface area (Å²) in [6, 6.07) is 11.1. The van der Waals surface area contributed by atoms with Crippen LogP contribution in [0.2, 0.25) is 5.02 Å². The van der Waals surface area contributed by atoms with Gasteiger partial charge in [-0.05, 0) is 58.7 Å². The first-order chi connectivity index (χ1) is 12.4. The van der Waals surface area contributed by atoms with Crippen LogP contribution in [0.5, 0.6) is 0 Å². The van der Waals surface area contributed by atoms with E-state index in [1.54, 1.807) is 36.4 Å². The van der Waals surface area contributed by atoms with Crippen LogP contribution in [0.25, 0.3) is 0 Å². The molecular weight excluding hydrogens is 422 g/mol. The standard InChI is InChI=1S/C18H13BrClN3O3/c1-10-3-2-4-12(7-10)23-17(25)13(16(24)22-18(23)26)9-21-11-5-6-14(19)15(20)8-11/h2-9,13H,1H3,(H,22,24,26)/t13-/m1/s1. The Morgan fingerprint density at radius 1 is 1.19 bits per heavy atom. The highest BCUT2D eigenvalue weighted by atomic mass is 79.9. The fraction of sp³-hybridized carbons (Fsp3) is 0.111. The second kappa shape index (κ2) is 7.39. The summed E-state index contributed by atoms with van der Waals surface area (Å²) >= 11 is 9.29. The van der Waals surface area contributed by atoms with Crippen LogP contribution >= 0.6 is 27.5 Å². The van der Waals surface area contributed by atoms with Gasteiger partial charge in [-0.1, -0.05) is 23.7 Å². The number of hydrogen-bond donors (Lipinski definition) is 1. The molecule has 0 radical (unpaired) electrons. The van der Waals surface area contributed by atoms with E-state index in [2.05, 4.69) is 26.2 Å². The number of hydrogen-bond acceptors (Lipinski definition) is 4. The van der Waals surface area contributed by atoms with Crippen molar-refractivity contribution in [2.45, 2.75) is 6.92 Å². The summed E-state index contributed by atoms with van der Waals surface area (Å²) < 4.78 is 0.709. The number of nitrogens with one attached hydrogen (secondary N) is 1. The van der Waals surface area contributed by atoms with E-state index in [1.165, 1.54) is 6.21 Å². The Labute approximate surface area is 163 Å². The number of aryl methyl sites for hydroxylation is 1. The van der Waals surface area contributed by atoms with Crippen LogP contribution in [0, 0.1) is 12.8 Å². The van der Waals surface area contributed by atoms with Gasteiger partial charge in [0.1, 0.15) is 0 Å². The maximum Gasteiger partial charge on any atom is 0.335 e. The van der Waals surface area contributed by atoms with Crippen LogP contribution in [0.3, 0.4) is 0 Å². The molecule has 0 aromatic heterocycles. The number of barbiturate groups is 1. The summed E-state index contributed by atoms with van der Waals surface area (Å²) in [5.74, 6) is -2.58. The molecule has 1 heterocycles.